The van der Waals surface area contributed by atoms with Crippen LogP contribution in [-0.4, -0.2) is 55.3 Å². The molecule has 0 aliphatic carbocycles. The lowest BCUT2D eigenvalue weighted by Crippen LogP contribution is -2.65. The van der Waals surface area contributed by atoms with Crippen molar-refractivity contribution in [2.75, 3.05) is 13.8 Å². The maximum absolute atomic E-state index is 15.7. The number of alkyl halides is 3. The van der Waals surface area contributed by atoms with Crippen molar-refractivity contribution < 1.29 is 31.9 Å². The standard InChI is InChI=1S/C27H32BrF3N2O4Si/c1-25(2)22-21(23(32(25)3)17-8-10-18(28)11-9-17)26(27(29,30)31,37-38(4,5)6)33(24(22)34)14-16-7-12-19-20(13-16)36-15-35-19/h7-13,21-23H,14-15H2,1-6H3/t21-,22-,23-,26-/m0/s1. The number of rotatable bonds is 5. The predicted octanol–water partition coefficient (Wildman–Crippen LogP) is 6.33. The molecule has 3 aliphatic rings. The molecule has 2 aromatic rings. The summed E-state index contributed by atoms with van der Waals surface area (Å²) in [6.45, 7) is 8.67. The predicted molar refractivity (Wildman–Crippen MR) is 142 cm³/mol. The van der Waals surface area contributed by atoms with E-state index in [9.17, 15) is 4.79 Å². The molecular formula is C27H32BrF3N2O4Si. The zero-order valence-electron chi connectivity index (χ0n) is 22.2. The summed E-state index contributed by atoms with van der Waals surface area (Å²) in [6.07, 6.45) is -4.85. The molecule has 3 aliphatic heterocycles. The van der Waals surface area contributed by atoms with Crippen molar-refractivity contribution in [3.05, 3.63) is 58.1 Å². The van der Waals surface area contributed by atoms with Crippen molar-refractivity contribution in [3.8, 4) is 11.5 Å². The van der Waals surface area contributed by atoms with Crippen LogP contribution in [0.25, 0.3) is 0 Å². The van der Waals surface area contributed by atoms with Gasteiger partial charge in [0.05, 0.1) is 5.92 Å². The van der Waals surface area contributed by atoms with E-state index in [1.165, 1.54) is 0 Å². The van der Waals surface area contributed by atoms with Crippen LogP contribution in [0.4, 0.5) is 13.2 Å². The zero-order chi connectivity index (χ0) is 27.8. The average molecular weight is 614 g/mol. The molecule has 0 aromatic heterocycles. The zero-order valence-corrected chi connectivity index (χ0v) is 24.8. The summed E-state index contributed by atoms with van der Waals surface area (Å²) in [4.78, 5) is 17.1. The van der Waals surface area contributed by atoms with Crippen molar-refractivity contribution in [2.45, 2.75) is 63.5 Å². The molecule has 1 amide bonds. The highest BCUT2D eigenvalue weighted by molar-refractivity contribution is 9.10. The average Bonchev–Trinajstić information content (AvgIpc) is 3.42. The Morgan fingerprint density at radius 2 is 1.71 bits per heavy atom. The number of fused-ring (bicyclic) bond motifs is 2. The molecule has 206 valence electrons. The molecule has 0 spiro atoms. The summed E-state index contributed by atoms with van der Waals surface area (Å²) in [5.41, 5.74) is -2.44. The molecule has 11 heteroatoms. The second kappa shape index (κ2) is 8.97. The third-order valence-corrected chi connectivity index (χ3v) is 9.48. The fourth-order valence-corrected chi connectivity index (χ4v) is 7.91. The first kappa shape index (κ1) is 27.5. The first-order valence-corrected chi connectivity index (χ1v) is 16.7. The third kappa shape index (κ3) is 4.17. The Labute approximate surface area is 230 Å². The van der Waals surface area contributed by atoms with Gasteiger partial charge in [0.25, 0.3) is 0 Å². The van der Waals surface area contributed by atoms with Crippen LogP contribution in [0.3, 0.4) is 0 Å². The summed E-state index contributed by atoms with van der Waals surface area (Å²) in [6, 6.07) is 11.6. The molecule has 4 atom stereocenters. The third-order valence-electron chi connectivity index (χ3n) is 8.03. The van der Waals surface area contributed by atoms with E-state index < -0.39 is 49.5 Å². The second-order valence-corrected chi connectivity index (χ2v) is 17.1. The van der Waals surface area contributed by atoms with Gasteiger partial charge in [-0.3, -0.25) is 9.69 Å². The number of carbonyl (C=O) groups is 1. The second-order valence-electron chi connectivity index (χ2n) is 11.8. The topological polar surface area (TPSA) is 51.2 Å². The molecule has 0 bridgehead atoms. The summed E-state index contributed by atoms with van der Waals surface area (Å²) < 4.78 is 65.0. The Bertz CT molecular complexity index is 1250. The van der Waals surface area contributed by atoms with Gasteiger partial charge in [-0.15, -0.1) is 0 Å². The lowest BCUT2D eigenvalue weighted by Gasteiger charge is -2.48. The highest BCUT2D eigenvalue weighted by Gasteiger charge is 2.79. The molecule has 2 aromatic carbocycles. The van der Waals surface area contributed by atoms with Crippen LogP contribution in [0.2, 0.25) is 19.6 Å². The van der Waals surface area contributed by atoms with Crippen LogP contribution in [0.15, 0.2) is 46.9 Å². The summed E-state index contributed by atoms with van der Waals surface area (Å²) in [5, 5.41) is 0. The summed E-state index contributed by atoms with van der Waals surface area (Å²) in [7, 11) is -1.06. The maximum atomic E-state index is 15.7. The van der Waals surface area contributed by atoms with Gasteiger partial charge in [0.2, 0.25) is 18.4 Å². The van der Waals surface area contributed by atoms with Crippen molar-refractivity contribution in [2.24, 2.45) is 11.8 Å². The number of ether oxygens (including phenoxy) is 2. The van der Waals surface area contributed by atoms with Crippen molar-refractivity contribution in [1.82, 2.24) is 9.80 Å². The van der Waals surface area contributed by atoms with Crippen LogP contribution < -0.4 is 9.47 Å². The van der Waals surface area contributed by atoms with Gasteiger partial charge < -0.3 is 18.8 Å². The number of halogens is 4. The maximum Gasteiger partial charge on any atom is 0.436 e. The van der Waals surface area contributed by atoms with Gasteiger partial charge in [-0.1, -0.05) is 34.1 Å². The summed E-state index contributed by atoms with van der Waals surface area (Å²) in [5.74, 6) is -1.70. The quantitative estimate of drug-likeness (QED) is 0.369. The monoisotopic (exact) mass is 612 g/mol. The molecule has 5 rings (SSSR count). The molecule has 3 heterocycles. The summed E-state index contributed by atoms with van der Waals surface area (Å²) >= 11 is 3.43. The van der Waals surface area contributed by atoms with Gasteiger partial charge in [-0.25, -0.2) is 0 Å². The molecule has 6 nitrogen and oxygen atoms in total. The van der Waals surface area contributed by atoms with Crippen LogP contribution in [0.1, 0.15) is 31.0 Å². The van der Waals surface area contributed by atoms with Crippen LogP contribution in [0.5, 0.6) is 11.5 Å². The molecule has 2 fully saturated rings. The van der Waals surface area contributed by atoms with E-state index in [1.807, 2.05) is 43.0 Å². The molecular weight excluding hydrogens is 581 g/mol. The number of benzene rings is 2. The number of hydrogen-bond acceptors (Lipinski definition) is 5. The van der Waals surface area contributed by atoms with E-state index in [4.69, 9.17) is 13.9 Å². The number of hydrogen-bond donors (Lipinski definition) is 0. The van der Waals surface area contributed by atoms with Crippen LogP contribution >= 0.6 is 15.9 Å². The SMILES string of the molecule is CN1[C@@H](c2ccc(Br)cc2)[C@@H]2[C@@H](C(=O)N(Cc3ccc4c(c3)OCO4)[C@@]2(O[Si](C)(C)C)C(F)(F)F)C1(C)C. The fraction of sp³-hybridized carbons (Fsp3) is 0.519. The molecule has 0 N–H and O–H groups in total. The lowest BCUT2D eigenvalue weighted by molar-refractivity contribution is -0.314. The lowest BCUT2D eigenvalue weighted by atomic mass is 9.77. The highest BCUT2D eigenvalue weighted by Crippen LogP contribution is 2.64. The first-order valence-electron chi connectivity index (χ1n) is 12.5. The van der Waals surface area contributed by atoms with E-state index in [-0.39, 0.29) is 13.3 Å². The van der Waals surface area contributed by atoms with E-state index in [0.717, 1.165) is 9.37 Å². The Morgan fingerprint density at radius 1 is 1.08 bits per heavy atom. The minimum Gasteiger partial charge on any atom is -0.454 e. The minimum atomic E-state index is -4.85. The Kier molecular flexibility index (Phi) is 6.49. The van der Waals surface area contributed by atoms with Crippen LogP contribution in [-0.2, 0) is 15.8 Å². The van der Waals surface area contributed by atoms with Gasteiger partial charge in [0.1, 0.15) is 0 Å². The van der Waals surface area contributed by atoms with E-state index in [2.05, 4.69) is 15.9 Å². The highest BCUT2D eigenvalue weighted by atomic mass is 79.9. The largest absolute Gasteiger partial charge is 0.454 e. The number of carbonyl (C=O) groups excluding carboxylic acids is 1. The van der Waals surface area contributed by atoms with Crippen LogP contribution in [0, 0.1) is 11.8 Å². The molecule has 0 radical (unpaired) electrons. The van der Waals surface area contributed by atoms with Gasteiger partial charge in [0.15, 0.2) is 19.8 Å². The minimum absolute atomic E-state index is 0.0478. The number of amides is 1. The van der Waals surface area contributed by atoms with Crippen molar-refractivity contribution >= 4 is 30.2 Å². The Hall–Kier alpha value is -2.08. The molecule has 38 heavy (non-hydrogen) atoms. The normalized spacial score (nSPS) is 28.7. The number of likely N-dealkylation sites (tertiary alicyclic amines) is 2. The van der Waals surface area contributed by atoms with E-state index in [0.29, 0.717) is 22.6 Å². The molecule has 0 unspecified atom stereocenters. The smallest absolute Gasteiger partial charge is 0.436 e. The molecule has 2 saturated heterocycles. The van der Waals surface area contributed by atoms with Gasteiger partial charge in [-0.05, 0) is 75.9 Å². The first-order chi connectivity index (χ1) is 17.6. The fourth-order valence-electron chi connectivity index (χ4n) is 6.35. The van der Waals surface area contributed by atoms with E-state index >= 15 is 13.2 Å². The Morgan fingerprint density at radius 3 is 2.32 bits per heavy atom. The van der Waals surface area contributed by atoms with Gasteiger partial charge in [0, 0.05) is 28.5 Å². The van der Waals surface area contributed by atoms with Crippen molar-refractivity contribution in [1.29, 1.82) is 0 Å². The van der Waals surface area contributed by atoms with Gasteiger partial charge >= 0.3 is 6.18 Å². The van der Waals surface area contributed by atoms with Gasteiger partial charge in [-0.2, -0.15) is 13.2 Å². The number of nitrogens with zero attached hydrogens (tertiary/aromatic N) is 2. The Balaban J connectivity index is 1.71. The molecule has 0 saturated carbocycles. The van der Waals surface area contributed by atoms with E-state index in [1.54, 1.807) is 44.9 Å². The van der Waals surface area contributed by atoms with Crippen molar-refractivity contribution in [3.63, 3.8) is 0 Å².